The third kappa shape index (κ3) is 2.76. The first kappa shape index (κ1) is 12.8. The van der Waals surface area contributed by atoms with Crippen molar-refractivity contribution in [2.45, 2.75) is 20.3 Å². The van der Waals surface area contributed by atoms with Crippen molar-refractivity contribution < 1.29 is 0 Å². The molecule has 2 aromatic heterocycles. The normalized spacial score (nSPS) is 11.1. The largest absolute Gasteiger partial charge is 0.358 e. The molecule has 98 valence electrons. The van der Waals surface area contributed by atoms with Crippen LogP contribution in [0.2, 0.25) is 0 Å². The minimum Gasteiger partial charge on any atom is -0.358 e. The quantitative estimate of drug-likeness (QED) is 0.769. The summed E-state index contributed by atoms with van der Waals surface area (Å²) < 4.78 is 1.77. The maximum atomic E-state index is 4.34. The maximum Gasteiger partial charge on any atom is 0.254 e. The van der Waals surface area contributed by atoms with E-state index in [1.165, 1.54) is 6.33 Å². The second-order valence-corrected chi connectivity index (χ2v) is 4.40. The maximum absolute atomic E-state index is 4.34. The zero-order valence-corrected chi connectivity index (χ0v) is 11.2. The molecule has 1 N–H and O–H groups in total. The van der Waals surface area contributed by atoms with Crippen LogP contribution in [0, 0.1) is 6.92 Å². The van der Waals surface area contributed by atoms with Crippen LogP contribution in [-0.2, 0) is 0 Å². The van der Waals surface area contributed by atoms with Crippen molar-refractivity contribution in [2.24, 2.45) is 0 Å². The highest BCUT2D eigenvalue weighted by Crippen LogP contribution is 2.13. The van der Waals surface area contributed by atoms with Crippen molar-refractivity contribution in [2.75, 3.05) is 31.6 Å². The molecule has 0 unspecified atom stereocenters. The summed E-state index contributed by atoms with van der Waals surface area (Å²) in [6.07, 6.45) is 2.69. The molecular weight excluding hydrogens is 228 g/mol. The summed E-state index contributed by atoms with van der Waals surface area (Å²) in [6.45, 7) is 7.09. The fourth-order valence-electron chi connectivity index (χ4n) is 1.85. The first-order valence-electron chi connectivity index (χ1n) is 6.31. The molecule has 0 fully saturated rings. The fourth-order valence-corrected chi connectivity index (χ4v) is 1.85. The molecule has 0 radical (unpaired) electrons. The lowest BCUT2D eigenvalue weighted by Gasteiger charge is -2.20. The molecule has 0 amide bonds. The number of rotatable bonds is 6. The number of likely N-dealkylation sites (N-methyl/N-ethyl adjacent to an activating group) is 1. The van der Waals surface area contributed by atoms with Gasteiger partial charge in [-0.2, -0.15) is 14.6 Å². The second-order valence-electron chi connectivity index (χ2n) is 4.40. The van der Waals surface area contributed by atoms with Gasteiger partial charge in [0.15, 0.2) is 0 Å². The van der Waals surface area contributed by atoms with Gasteiger partial charge in [-0.15, -0.1) is 0 Å². The molecule has 2 heterocycles. The van der Waals surface area contributed by atoms with Gasteiger partial charge >= 0.3 is 0 Å². The highest BCUT2D eigenvalue weighted by Gasteiger charge is 2.09. The minimum atomic E-state index is 0.651. The van der Waals surface area contributed by atoms with E-state index in [-0.39, 0.29) is 0 Å². The molecule has 0 aromatic carbocycles. The van der Waals surface area contributed by atoms with Gasteiger partial charge < -0.3 is 10.2 Å². The summed E-state index contributed by atoms with van der Waals surface area (Å²) in [5.74, 6) is 1.67. The van der Waals surface area contributed by atoms with E-state index in [4.69, 9.17) is 0 Å². The van der Waals surface area contributed by atoms with Crippen LogP contribution in [0.3, 0.4) is 0 Å². The van der Waals surface area contributed by atoms with Crippen molar-refractivity contribution in [1.82, 2.24) is 24.9 Å². The SMILES string of the molecule is CCCNCCN(C)c1cc(C)nc2ncnn12. The van der Waals surface area contributed by atoms with Crippen molar-refractivity contribution in [3.63, 3.8) is 0 Å². The van der Waals surface area contributed by atoms with Gasteiger partial charge in [0.25, 0.3) is 5.78 Å². The monoisotopic (exact) mass is 248 g/mol. The lowest BCUT2D eigenvalue weighted by molar-refractivity contribution is 0.660. The van der Waals surface area contributed by atoms with Crippen LogP contribution in [0.15, 0.2) is 12.4 Å². The average Bonchev–Trinajstić information content (AvgIpc) is 2.81. The molecule has 0 bridgehead atoms. The van der Waals surface area contributed by atoms with Gasteiger partial charge in [-0.25, -0.2) is 4.98 Å². The van der Waals surface area contributed by atoms with Crippen LogP contribution in [0.25, 0.3) is 5.78 Å². The van der Waals surface area contributed by atoms with Crippen LogP contribution >= 0.6 is 0 Å². The molecule has 0 atom stereocenters. The first-order valence-corrected chi connectivity index (χ1v) is 6.31. The Labute approximate surface area is 107 Å². The summed E-state index contributed by atoms with van der Waals surface area (Å²) in [6, 6.07) is 2.03. The lowest BCUT2D eigenvalue weighted by atomic mass is 10.4. The predicted molar refractivity (Wildman–Crippen MR) is 71.9 cm³/mol. The van der Waals surface area contributed by atoms with Gasteiger partial charge in [-0.05, 0) is 19.9 Å². The highest BCUT2D eigenvalue weighted by atomic mass is 15.4. The van der Waals surface area contributed by atoms with E-state index in [0.29, 0.717) is 5.78 Å². The molecule has 0 spiro atoms. The molecular formula is C12H20N6. The Bertz CT molecular complexity index is 506. The predicted octanol–water partition coefficient (Wildman–Crippen LogP) is 0.869. The Morgan fingerprint density at radius 2 is 2.22 bits per heavy atom. The van der Waals surface area contributed by atoms with Gasteiger partial charge in [0.1, 0.15) is 12.1 Å². The van der Waals surface area contributed by atoms with Crippen molar-refractivity contribution >= 4 is 11.6 Å². The van der Waals surface area contributed by atoms with Crippen molar-refractivity contribution in [3.05, 3.63) is 18.1 Å². The van der Waals surface area contributed by atoms with Gasteiger partial charge in [0.05, 0.1) is 0 Å². The Kier molecular flexibility index (Phi) is 4.09. The number of fused-ring (bicyclic) bond motifs is 1. The highest BCUT2D eigenvalue weighted by molar-refractivity contribution is 5.46. The van der Waals surface area contributed by atoms with E-state index in [0.717, 1.165) is 37.6 Å². The molecule has 0 aliphatic heterocycles. The number of aryl methyl sites for hydroxylation is 1. The lowest BCUT2D eigenvalue weighted by Crippen LogP contribution is -2.30. The number of aromatic nitrogens is 4. The Hall–Kier alpha value is -1.69. The molecule has 6 nitrogen and oxygen atoms in total. The van der Waals surface area contributed by atoms with E-state index in [1.807, 2.05) is 13.0 Å². The molecule has 0 saturated heterocycles. The van der Waals surface area contributed by atoms with Crippen LogP contribution in [0.4, 0.5) is 5.82 Å². The van der Waals surface area contributed by atoms with Crippen LogP contribution in [0.1, 0.15) is 19.0 Å². The van der Waals surface area contributed by atoms with Crippen LogP contribution in [0.5, 0.6) is 0 Å². The second kappa shape index (κ2) is 5.77. The summed E-state index contributed by atoms with van der Waals surface area (Å²) in [5.41, 5.74) is 0.957. The summed E-state index contributed by atoms with van der Waals surface area (Å²) in [4.78, 5) is 10.6. The first-order chi connectivity index (χ1) is 8.72. The average molecular weight is 248 g/mol. The Morgan fingerprint density at radius 3 is 3.00 bits per heavy atom. The third-order valence-corrected chi connectivity index (χ3v) is 2.80. The van der Waals surface area contributed by atoms with Gasteiger partial charge in [0, 0.05) is 31.9 Å². The van der Waals surface area contributed by atoms with E-state index in [2.05, 4.69) is 39.3 Å². The van der Waals surface area contributed by atoms with Gasteiger partial charge in [-0.1, -0.05) is 6.92 Å². The molecule has 0 aliphatic rings. The Balaban J connectivity index is 2.11. The van der Waals surface area contributed by atoms with Crippen LogP contribution in [-0.4, -0.2) is 46.3 Å². The molecule has 18 heavy (non-hydrogen) atoms. The van der Waals surface area contributed by atoms with Crippen molar-refractivity contribution in [1.29, 1.82) is 0 Å². The number of anilines is 1. The standard InChI is InChI=1S/C12H20N6/c1-4-5-13-6-7-17(3)11-8-10(2)16-12-14-9-15-18(11)12/h8-9,13H,4-7H2,1-3H3. The van der Waals surface area contributed by atoms with E-state index >= 15 is 0 Å². The van der Waals surface area contributed by atoms with E-state index in [1.54, 1.807) is 4.52 Å². The zero-order valence-electron chi connectivity index (χ0n) is 11.2. The number of hydrogen-bond donors (Lipinski definition) is 1. The molecule has 0 aliphatic carbocycles. The summed E-state index contributed by atoms with van der Waals surface area (Å²) in [5, 5.41) is 7.60. The van der Waals surface area contributed by atoms with Crippen LogP contribution < -0.4 is 10.2 Å². The van der Waals surface area contributed by atoms with E-state index in [9.17, 15) is 0 Å². The zero-order chi connectivity index (χ0) is 13.0. The molecule has 2 aromatic rings. The smallest absolute Gasteiger partial charge is 0.254 e. The number of nitrogens with one attached hydrogen (secondary N) is 1. The van der Waals surface area contributed by atoms with E-state index < -0.39 is 0 Å². The van der Waals surface area contributed by atoms with Crippen molar-refractivity contribution in [3.8, 4) is 0 Å². The number of hydrogen-bond acceptors (Lipinski definition) is 5. The topological polar surface area (TPSA) is 58.3 Å². The third-order valence-electron chi connectivity index (χ3n) is 2.80. The summed E-state index contributed by atoms with van der Waals surface area (Å²) >= 11 is 0. The Morgan fingerprint density at radius 1 is 1.39 bits per heavy atom. The number of nitrogens with zero attached hydrogens (tertiary/aromatic N) is 5. The fraction of sp³-hybridized carbons (Fsp3) is 0.583. The molecule has 2 rings (SSSR count). The molecule has 0 saturated carbocycles. The van der Waals surface area contributed by atoms with Gasteiger partial charge in [-0.3, -0.25) is 0 Å². The summed E-state index contributed by atoms with van der Waals surface area (Å²) in [7, 11) is 2.06. The molecule has 6 heteroatoms. The van der Waals surface area contributed by atoms with Gasteiger partial charge in [0.2, 0.25) is 0 Å². The minimum absolute atomic E-state index is 0.651.